The number of hydrogen-bond donors (Lipinski definition) is 1. The number of benzene rings is 4. The van der Waals surface area contributed by atoms with Crippen molar-refractivity contribution in [3.63, 3.8) is 0 Å². The molecule has 4 aromatic rings. The number of fused-ring (bicyclic) bond motifs is 2. The Bertz CT molecular complexity index is 1530. The summed E-state index contributed by atoms with van der Waals surface area (Å²) in [6, 6.07) is 32.9. The zero-order chi connectivity index (χ0) is 31.6. The molecule has 0 radical (unpaired) electrons. The van der Waals surface area contributed by atoms with Gasteiger partial charge >= 0.3 is 5.97 Å². The largest absolute Gasteiger partial charge is 0.492 e. The van der Waals surface area contributed by atoms with E-state index in [0.717, 1.165) is 50.0 Å². The molecule has 5 nitrogen and oxygen atoms in total. The molecule has 2 unspecified atom stereocenters. The zero-order valence-corrected chi connectivity index (χ0v) is 27.0. The fourth-order valence-electron chi connectivity index (χ4n) is 6.45. The zero-order valence-electron chi connectivity index (χ0n) is 27.0. The molecule has 0 aliphatic heterocycles. The Balaban J connectivity index is 1.32. The van der Waals surface area contributed by atoms with Crippen LogP contribution in [0, 0.1) is 0 Å². The van der Waals surface area contributed by atoms with Crippen LogP contribution in [0.1, 0.15) is 70.3 Å². The van der Waals surface area contributed by atoms with Gasteiger partial charge in [-0.25, -0.2) is 4.79 Å². The van der Waals surface area contributed by atoms with Crippen molar-refractivity contribution in [3.05, 3.63) is 136 Å². The first-order chi connectivity index (χ1) is 21.9. The van der Waals surface area contributed by atoms with Crippen molar-refractivity contribution in [3.8, 4) is 5.75 Å². The summed E-state index contributed by atoms with van der Waals surface area (Å²) >= 11 is 0. The maximum absolute atomic E-state index is 11.3. The van der Waals surface area contributed by atoms with Gasteiger partial charge < -0.3 is 14.6 Å². The highest BCUT2D eigenvalue weighted by atomic mass is 16.5. The second-order valence-electron chi connectivity index (χ2n) is 12.3. The molecule has 0 spiro atoms. The Morgan fingerprint density at radius 2 is 1.51 bits per heavy atom. The van der Waals surface area contributed by atoms with Crippen LogP contribution in [-0.2, 0) is 48.1 Å². The molecule has 1 aliphatic rings. The number of carbonyl (C=O) groups is 1. The lowest BCUT2D eigenvalue weighted by molar-refractivity contribution is -0.148. The first kappa shape index (κ1) is 32.5. The number of aryl methyl sites for hydroxylation is 5. The summed E-state index contributed by atoms with van der Waals surface area (Å²) in [5, 5.41) is 9.28. The smallest absolute Gasteiger partial charge is 0.333 e. The normalized spacial score (nSPS) is 14.8. The summed E-state index contributed by atoms with van der Waals surface area (Å²) in [6.45, 7) is 3.58. The third-order valence-electron chi connectivity index (χ3n) is 9.09. The van der Waals surface area contributed by atoms with Crippen molar-refractivity contribution in [2.24, 2.45) is 0 Å². The molecule has 0 saturated carbocycles. The monoisotopic (exact) mass is 605 g/mol. The summed E-state index contributed by atoms with van der Waals surface area (Å²) in [4.78, 5) is 13.8. The van der Waals surface area contributed by atoms with E-state index in [-0.39, 0.29) is 6.04 Å². The minimum absolute atomic E-state index is 0.162. The molecule has 2 atom stereocenters. The average molecular weight is 606 g/mol. The molecular formula is C40H47NO4. The molecule has 5 rings (SSSR count). The van der Waals surface area contributed by atoms with Gasteiger partial charge in [0.15, 0.2) is 6.10 Å². The van der Waals surface area contributed by atoms with Gasteiger partial charge in [-0.2, -0.15) is 0 Å². The molecule has 0 amide bonds. The Hall–Kier alpha value is -3.93. The quantitative estimate of drug-likeness (QED) is 0.151. The number of carboxylic acids is 1. The van der Waals surface area contributed by atoms with E-state index in [0.29, 0.717) is 13.0 Å². The summed E-state index contributed by atoms with van der Waals surface area (Å²) in [7, 11) is 3.64. The molecule has 1 N–H and O–H groups in total. The minimum Gasteiger partial charge on any atom is -0.492 e. The summed E-state index contributed by atoms with van der Waals surface area (Å²) < 4.78 is 11.3. The van der Waals surface area contributed by atoms with Crippen molar-refractivity contribution >= 4 is 5.97 Å². The maximum atomic E-state index is 11.3. The van der Waals surface area contributed by atoms with E-state index in [1.165, 1.54) is 58.9 Å². The molecule has 0 saturated heterocycles. The van der Waals surface area contributed by atoms with E-state index in [4.69, 9.17) is 9.47 Å². The van der Waals surface area contributed by atoms with Crippen molar-refractivity contribution in [2.45, 2.75) is 70.4 Å². The lowest BCUT2D eigenvalue weighted by atomic mass is 9.90. The third-order valence-corrected chi connectivity index (χ3v) is 9.09. The van der Waals surface area contributed by atoms with Gasteiger partial charge in [0.2, 0.25) is 0 Å². The third kappa shape index (κ3) is 8.62. The SMILES string of the molecule is CCCCc1ccc2c(c1)C(N(C)CCOc1ccc(CC(OC)C(=O)O)cc1)c1ccc(CCc3ccccc3)cc1CC2. The Kier molecular flexibility index (Phi) is 11.5. The van der Waals surface area contributed by atoms with Gasteiger partial charge in [-0.1, -0.05) is 92.2 Å². The number of aliphatic carboxylic acids is 1. The number of unbranched alkanes of at least 4 members (excludes halogenated alkanes) is 1. The van der Waals surface area contributed by atoms with Crippen molar-refractivity contribution in [2.75, 3.05) is 27.3 Å². The lowest BCUT2D eigenvalue weighted by Crippen LogP contribution is -2.30. The predicted octanol–water partition coefficient (Wildman–Crippen LogP) is 7.66. The predicted molar refractivity (Wildman–Crippen MR) is 181 cm³/mol. The molecule has 236 valence electrons. The number of likely N-dealkylation sites (N-methyl/N-ethyl adjacent to an activating group) is 1. The molecule has 0 aromatic heterocycles. The van der Waals surface area contributed by atoms with Crippen LogP contribution in [0.2, 0.25) is 0 Å². The van der Waals surface area contributed by atoms with Gasteiger partial charge in [0.25, 0.3) is 0 Å². The molecular weight excluding hydrogens is 558 g/mol. The van der Waals surface area contributed by atoms with Crippen LogP contribution in [0.4, 0.5) is 0 Å². The number of rotatable bonds is 15. The Morgan fingerprint density at radius 3 is 2.24 bits per heavy atom. The molecule has 0 heterocycles. The van der Waals surface area contributed by atoms with Crippen molar-refractivity contribution < 1.29 is 19.4 Å². The molecule has 45 heavy (non-hydrogen) atoms. The second-order valence-corrected chi connectivity index (χ2v) is 12.3. The highest BCUT2D eigenvalue weighted by Crippen LogP contribution is 2.37. The molecule has 4 aromatic carbocycles. The molecule has 0 bridgehead atoms. The summed E-state index contributed by atoms with van der Waals surface area (Å²) in [6.07, 6.45) is 7.18. The summed E-state index contributed by atoms with van der Waals surface area (Å²) in [5.74, 6) is -0.175. The number of methoxy groups -OCH3 is 1. The minimum atomic E-state index is -0.955. The van der Waals surface area contributed by atoms with Gasteiger partial charge in [0, 0.05) is 20.1 Å². The van der Waals surface area contributed by atoms with Gasteiger partial charge in [-0.15, -0.1) is 0 Å². The van der Waals surface area contributed by atoms with E-state index in [9.17, 15) is 9.90 Å². The number of nitrogens with zero attached hydrogens (tertiary/aromatic N) is 1. The van der Waals surface area contributed by atoms with Crippen LogP contribution in [0.15, 0.2) is 91.0 Å². The standard InChI is InChI=1S/C40H47NO4/c1-4-5-9-30-14-18-33-19-20-34-26-31(13-12-29-10-7-6-8-11-29)17-23-36(34)39(37(33)27-30)41(2)24-25-45-35-21-15-32(16-22-35)28-38(44-3)40(42)43/h6-8,10-11,14-18,21-23,26-27,38-39H,4-5,9,12-13,19-20,24-25,28H2,1-3H3,(H,42,43). The van der Waals surface area contributed by atoms with Crippen LogP contribution in [0.25, 0.3) is 0 Å². The molecule has 1 aliphatic carbocycles. The number of hydrogen-bond acceptors (Lipinski definition) is 4. The Labute approximate surface area is 268 Å². The molecule has 0 fully saturated rings. The topological polar surface area (TPSA) is 59.0 Å². The number of carboxylic acid groups (broad SMARTS) is 1. The Morgan fingerprint density at radius 1 is 0.822 bits per heavy atom. The van der Waals surface area contributed by atoms with Crippen LogP contribution in [0.5, 0.6) is 5.75 Å². The second kappa shape index (κ2) is 15.9. The average Bonchev–Trinajstić information content (AvgIpc) is 3.22. The van der Waals surface area contributed by atoms with Gasteiger partial charge in [-0.05, 0) is 102 Å². The van der Waals surface area contributed by atoms with E-state index in [1.54, 1.807) is 0 Å². The van der Waals surface area contributed by atoms with E-state index < -0.39 is 12.1 Å². The van der Waals surface area contributed by atoms with Gasteiger partial charge in [0.1, 0.15) is 12.4 Å². The molecule has 5 heteroatoms. The maximum Gasteiger partial charge on any atom is 0.333 e. The number of ether oxygens (including phenoxy) is 2. The van der Waals surface area contributed by atoms with Crippen LogP contribution >= 0.6 is 0 Å². The first-order valence-corrected chi connectivity index (χ1v) is 16.4. The van der Waals surface area contributed by atoms with Crippen molar-refractivity contribution in [1.82, 2.24) is 4.90 Å². The first-order valence-electron chi connectivity index (χ1n) is 16.4. The summed E-state index contributed by atoms with van der Waals surface area (Å²) in [5.41, 5.74) is 10.8. The van der Waals surface area contributed by atoms with Gasteiger partial charge in [0.05, 0.1) is 6.04 Å². The van der Waals surface area contributed by atoms with Gasteiger partial charge in [-0.3, -0.25) is 4.90 Å². The van der Waals surface area contributed by atoms with E-state index in [2.05, 4.69) is 85.6 Å². The fraction of sp³-hybridized carbons (Fsp3) is 0.375. The van der Waals surface area contributed by atoms with E-state index in [1.807, 2.05) is 24.3 Å². The van der Waals surface area contributed by atoms with Crippen LogP contribution in [0.3, 0.4) is 0 Å². The fourth-order valence-corrected chi connectivity index (χ4v) is 6.45. The highest BCUT2D eigenvalue weighted by Gasteiger charge is 2.27. The lowest BCUT2D eigenvalue weighted by Gasteiger charge is -2.31. The highest BCUT2D eigenvalue weighted by molar-refractivity contribution is 5.72. The van der Waals surface area contributed by atoms with E-state index >= 15 is 0 Å². The van der Waals surface area contributed by atoms with Crippen LogP contribution in [-0.4, -0.2) is 49.4 Å². The van der Waals surface area contributed by atoms with Crippen LogP contribution < -0.4 is 4.74 Å². The van der Waals surface area contributed by atoms with Crippen molar-refractivity contribution in [1.29, 1.82) is 0 Å².